The highest BCUT2D eigenvalue weighted by Crippen LogP contribution is 2.40. The predicted octanol–water partition coefficient (Wildman–Crippen LogP) is 3.84. The zero-order valence-electron chi connectivity index (χ0n) is 15.5. The van der Waals surface area contributed by atoms with E-state index >= 15 is 0 Å². The molecular weight excluding hydrogens is 360 g/mol. The van der Waals surface area contributed by atoms with Gasteiger partial charge >= 0.3 is 0 Å². The van der Waals surface area contributed by atoms with E-state index in [2.05, 4.69) is 4.90 Å². The maximum atomic E-state index is 13.5. The first-order chi connectivity index (χ1) is 13.1. The molecule has 1 fully saturated rings. The van der Waals surface area contributed by atoms with Gasteiger partial charge in [0.15, 0.2) is 0 Å². The third-order valence-corrected chi connectivity index (χ3v) is 5.96. The van der Waals surface area contributed by atoms with Gasteiger partial charge in [0, 0.05) is 18.0 Å². The first-order valence-corrected chi connectivity index (χ1v) is 10.1. The Morgan fingerprint density at radius 2 is 1.81 bits per heavy atom. The Balaban J connectivity index is 1.84. The van der Waals surface area contributed by atoms with E-state index in [4.69, 9.17) is 4.74 Å². The number of carbonyl (C=O) groups is 2. The number of aryl methyl sites for hydroxylation is 1. The fraction of sp³-hybridized carbons (Fsp3) is 0.333. The Morgan fingerprint density at radius 3 is 2.48 bits per heavy atom. The number of likely N-dealkylation sites (tertiary alicyclic amines) is 1. The molecule has 3 heterocycles. The molecule has 0 saturated carbocycles. The van der Waals surface area contributed by atoms with Gasteiger partial charge in [-0.05, 0) is 55.3 Å². The summed E-state index contributed by atoms with van der Waals surface area (Å²) in [6.07, 6.45) is 3.24. The number of rotatable bonds is 4. The lowest BCUT2D eigenvalue weighted by molar-refractivity contribution is -0.120. The highest BCUT2D eigenvalue weighted by atomic mass is 32.1. The van der Waals surface area contributed by atoms with Gasteiger partial charge in [-0.15, -0.1) is 11.3 Å². The second kappa shape index (κ2) is 7.19. The Morgan fingerprint density at radius 1 is 1.04 bits per heavy atom. The molecule has 27 heavy (non-hydrogen) atoms. The molecule has 2 aromatic rings. The third kappa shape index (κ3) is 3.04. The third-order valence-electron chi connectivity index (χ3n) is 5.07. The number of methoxy groups -OCH3 is 1. The molecule has 0 unspecified atom stereocenters. The lowest BCUT2D eigenvalue weighted by Gasteiger charge is -2.29. The number of benzene rings is 1. The first-order valence-electron chi connectivity index (χ1n) is 9.18. The van der Waals surface area contributed by atoms with Crippen molar-refractivity contribution in [2.24, 2.45) is 0 Å². The highest BCUT2D eigenvalue weighted by Gasteiger charge is 2.44. The Labute approximate surface area is 162 Å². The molecule has 2 aliphatic heterocycles. The van der Waals surface area contributed by atoms with Crippen LogP contribution in [-0.2, 0) is 9.59 Å². The van der Waals surface area contributed by atoms with E-state index in [1.54, 1.807) is 13.2 Å². The van der Waals surface area contributed by atoms with E-state index in [0.717, 1.165) is 42.8 Å². The molecule has 0 spiro atoms. The first kappa shape index (κ1) is 17.8. The average molecular weight is 382 g/mol. The fourth-order valence-electron chi connectivity index (χ4n) is 3.77. The molecule has 1 saturated heterocycles. The summed E-state index contributed by atoms with van der Waals surface area (Å²) >= 11 is 1.49. The van der Waals surface area contributed by atoms with Gasteiger partial charge in [0.2, 0.25) is 0 Å². The number of anilines is 1. The van der Waals surface area contributed by atoms with Crippen LogP contribution in [0.4, 0.5) is 5.69 Å². The monoisotopic (exact) mass is 382 g/mol. The zero-order valence-corrected chi connectivity index (χ0v) is 16.3. The predicted molar refractivity (Wildman–Crippen MR) is 107 cm³/mol. The van der Waals surface area contributed by atoms with Crippen LogP contribution in [0.2, 0.25) is 0 Å². The number of amides is 2. The van der Waals surface area contributed by atoms with E-state index in [0.29, 0.717) is 22.7 Å². The minimum Gasteiger partial charge on any atom is -0.495 e. The van der Waals surface area contributed by atoms with E-state index in [1.165, 1.54) is 16.2 Å². The van der Waals surface area contributed by atoms with Crippen molar-refractivity contribution in [1.82, 2.24) is 4.90 Å². The lowest BCUT2D eigenvalue weighted by atomic mass is 10.1. The van der Waals surface area contributed by atoms with Crippen molar-refractivity contribution in [3.63, 3.8) is 0 Å². The van der Waals surface area contributed by atoms with E-state index in [1.807, 2.05) is 36.6 Å². The number of piperidine rings is 1. The molecule has 6 heteroatoms. The van der Waals surface area contributed by atoms with Crippen LogP contribution >= 0.6 is 11.3 Å². The van der Waals surface area contributed by atoms with Crippen molar-refractivity contribution < 1.29 is 14.3 Å². The molecule has 2 amide bonds. The molecular formula is C21H22N2O3S. The van der Waals surface area contributed by atoms with Gasteiger partial charge in [0.25, 0.3) is 11.8 Å². The second-order valence-electron chi connectivity index (χ2n) is 6.87. The summed E-state index contributed by atoms with van der Waals surface area (Å²) in [7, 11) is 1.55. The zero-order chi connectivity index (χ0) is 19.0. The summed E-state index contributed by atoms with van der Waals surface area (Å²) in [4.78, 5) is 31.1. The average Bonchev–Trinajstić information content (AvgIpc) is 3.28. The number of hydrogen-bond acceptors (Lipinski definition) is 5. The van der Waals surface area contributed by atoms with Gasteiger partial charge < -0.3 is 9.64 Å². The molecule has 4 rings (SSSR count). The fourth-order valence-corrected chi connectivity index (χ4v) is 4.53. The van der Waals surface area contributed by atoms with Crippen LogP contribution in [0.3, 0.4) is 0 Å². The molecule has 1 aromatic carbocycles. The van der Waals surface area contributed by atoms with Crippen LogP contribution in [0.25, 0.3) is 5.57 Å². The smallest absolute Gasteiger partial charge is 0.282 e. The quantitative estimate of drug-likeness (QED) is 0.754. The summed E-state index contributed by atoms with van der Waals surface area (Å²) in [6.45, 7) is 3.55. The number of ether oxygens (including phenoxy) is 1. The molecule has 1 aromatic heterocycles. The largest absolute Gasteiger partial charge is 0.495 e. The second-order valence-corrected chi connectivity index (χ2v) is 7.82. The van der Waals surface area contributed by atoms with Gasteiger partial charge in [-0.2, -0.15) is 0 Å². The van der Waals surface area contributed by atoms with Gasteiger partial charge in [0.1, 0.15) is 11.4 Å². The van der Waals surface area contributed by atoms with Crippen LogP contribution in [0, 0.1) is 6.92 Å². The highest BCUT2D eigenvalue weighted by molar-refractivity contribution is 7.11. The summed E-state index contributed by atoms with van der Waals surface area (Å²) in [6, 6.07) is 9.36. The van der Waals surface area contributed by atoms with Crippen LogP contribution in [0.1, 0.15) is 29.7 Å². The minimum atomic E-state index is -0.271. The van der Waals surface area contributed by atoms with Gasteiger partial charge in [-0.3, -0.25) is 9.59 Å². The SMILES string of the molecule is COc1ccc(C)cc1N1C(=O)C(c2cccs2)=C(N2CCCCC2)C1=O. The number of carbonyl (C=O) groups excluding carboxylic acids is 2. The standard InChI is InChI=1S/C21H22N2O3S/c1-14-8-9-16(26-2)15(13-14)23-20(24)18(17-7-6-12-27-17)19(21(23)25)22-10-4-3-5-11-22/h6-9,12-13H,3-5,10-11H2,1-2H3. The van der Waals surface area contributed by atoms with Crippen LogP contribution in [0.15, 0.2) is 41.4 Å². The Bertz CT molecular complexity index is 912. The summed E-state index contributed by atoms with van der Waals surface area (Å²) in [5.74, 6) is -0.00570. The normalized spacial score (nSPS) is 17.9. The van der Waals surface area contributed by atoms with Crippen molar-refractivity contribution >= 4 is 34.4 Å². The van der Waals surface area contributed by atoms with E-state index in [9.17, 15) is 9.59 Å². The molecule has 0 radical (unpaired) electrons. The topological polar surface area (TPSA) is 49.9 Å². The molecule has 5 nitrogen and oxygen atoms in total. The van der Waals surface area contributed by atoms with Gasteiger partial charge in [0.05, 0.1) is 18.4 Å². The maximum Gasteiger partial charge on any atom is 0.282 e. The number of thiophene rings is 1. The summed E-state index contributed by atoms with van der Waals surface area (Å²) in [5, 5.41) is 1.93. The van der Waals surface area contributed by atoms with Crippen molar-refractivity contribution in [3.05, 3.63) is 51.8 Å². The van der Waals surface area contributed by atoms with Crippen LogP contribution < -0.4 is 9.64 Å². The molecule has 0 aliphatic carbocycles. The van der Waals surface area contributed by atoms with E-state index < -0.39 is 0 Å². The van der Waals surface area contributed by atoms with Crippen molar-refractivity contribution in [2.45, 2.75) is 26.2 Å². The Hall–Kier alpha value is -2.60. The number of hydrogen-bond donors (Lipinski definition) is 0. The van der Waals surface area contributed by atoms with Crippen molar-refractivity contribution in [3.8, 4) is 5.75 Å². The molecule has 0 bridgehead atoms. The molecule has 0 N–H and O–H groups in total. The summed E-state index contributed by atoms with van der Waals surface area (Å²) in [5.41, 5.74) is 2.52. The van der Waals surface area contributed by atoms with Crippen molar-refractivity contribution in [2.75, 3.05) is 25.1 Å². The molecule has 140 valence electrons. The van der Waals surface area contributed by atoms with E-state index in [-0.39, 0.29) is 11.8 Å². The lowest BCUT2D eigenvalue weighted by Crippen LogP contribution is -2.37. The number of nitrogens with zero attached hydrogens (tertiary/aromatic N) is 2. The van der Waals surface area contributed by atoms with Gasteiger partial charge in [-0.25, -0.2) is 4.90 Å². The minimum absolute atomic E-state index is 0.255. The van der Waals surface area contributed by atoms with Crippen LogP contribution in [-0.4, -0.2) is 36.9 Å². The molecule has 2 aliphatic rings. The number of imide groups is 1. The maximum absolute atomic E-state index is 13.5. The Kier molecular flexibility index (Phi) is 4.74. The summed E-state index contributed by atoms with van der Waals surface area (Å²) < 4.78 is 5.44. The van der Waals surface area contributed by atoms with Crippen LogP contribution in [0.5, 0.6) is 5.75 Å². The molecule has 0 atom stereocenters. The van der Waals surface area contributed by atoms with Crippen molar-refractivity contribution in [1.29, 1.82) is 0 Å². The van der Waals surface area contributed by atoms with Gasteiger partial charge in [-0.1, -0.05) is 12.1 Å².